The highest BCUT2D eigenvalue weighted by Gasteiger charge is 2.48. The van der Waals surface area contributed by atoms with Gasteiger partial charge < -0.3 is 5.11 Å². The van der Waals surface area contributed by atoms with E-state index in [0.29, 0.717) is 10.7 Å². The van der Waals surface area contributed by atoms with Gasteiger partial charge in [0.1, 0.15) is 5.76 Å². The second-order valence-corrected chi connectivity index (χ2v) is 8.42. The molecule has 0 spiro atoms. The Morgan fingerprint density at radius 1 is 0.935 bits per heavy atom. The molecule has 1 atom stereocenters. The van der Waals surface area contributed by atoms with Crippen LogP contribution >= 0.6 is 11.3 Å². The summed E-state index contributed by atoms with van der Waals surface area (Å²) in [4.78, 5) is 32.3. The van der Waals surface area contributed by atoms with Crippen LogP contribution in [0.4, 0.5) is 5.13 Å². The van der Waals surface area contributed by atoms with Crippen LogP contribution in [0, 0.1) is 6.92 Å². The van der Waals surface area contributed by atoms with E-state index < -0.39 is 17.7 Å². The van der Waals surface area contributed by atoms with Crippen LogP contribution in [0.25, 0.3) is 16.0 Å². The van der Waals surface area contributed by atoms with Gasteiger partial charge in [0.2, 0.25) is 0 Å². The normalized spacial score (nSPS) is 18.1. The maximum atomic E-state index is 13.2. The van der Waals surface area contributed by atoms with Gasteiger partial charge in [-0.15, -0.1) is 0 Å². The molecule has 1 aliphatic rings. The maximum absolute atomic E-state index is 13.2. The molecule has 6 heteroatoms. The number of rotatable bonds is 3. The van der Waals surface area contributed by atoms with Crippen molar-refractivity contribution in [1.82, 2.24) is 4.98 Å². The van der Waals surface area contributed by atoms with E-state index in [0.717, 1.165) is 21.3 Å². The molecule has 1 amide bonds. The molecule has 1 fully saturated rings. The third kappa shape index (κ3) is 3.21. The van der Waals surface area contributed by atoms with Crippen LogP contribution in [0.3, 0.4) is 0 Å². The van der Waals surface area contributed by atoms with Gasteiger partial charge in [-0.1, -0.05) is 83.6 Å². The number of Topliss-reactive ketones (excluding diaryl/α,β-unsaturated/α-hetero) is 1. The number of thiazole rings is 1. The van der Waals surface area contributed by atoms with Gasteiger partial charge in [-0.3, -0.25) is 14.5 Å². The lowest BCUT2D eigenvalue weighted by molar-refractivity contribution is -0.132. The maximum Gasteiger partial charge on any atom is 0.301 e. The summed E-state index contributed by atoms with van der Waals surface area (Å²) >= 11 is 1.35. The first-order valence-electron chi connectivity index (χ1n) is 9.83. The van der Waals surface area contributed by atoms with E-state index >= 15 is 0 Å². The number of aromatic nitrogens is 1. The van der Waals surface area contributed by atoms with Crippen LogP contribution in [-0.4, -0.2) is 21.8 Å². The molecule has 5 rings (SSSR count). The molecule has 0 bridgehead atoms. The van der Waals surface area contributed by atoms with E-state index in [1.165, 1.54) is 16.2 Å². The molecule has 1 aromatic heterocycles. The molecule has 5 nitrogen and oxygen atoms in total. The Bertz CT molecular complexity index is 1310. The van der Waals surface area contributed by atoms with Crippen LogP contribution in [0.15, 0.2) is 84.4 Å². The number of carbonyl (C=O) groups is 2. The van der Waals surface area contributed by atoms with Gasteiger partial charge in [0.15, 0.2) is 5.13 Å². The summed E-state index contributed by atoms with van der Waals surface area (Å²) in [6.45, 7) is 1.97. The van der Waals surface area contributed by atoms with E-state index in [1.807, 2.05) is 61.5 Å². The van der Waals surface area contributed by atoms with E-state index in [2.05, 4.69) is 4.98 Å². The van der Waals surface area contributed by atoms with Crippen molar-refractivity contribution in [3.63, 3.8) is 0 Å². The molecule has 2 heterocycles. The Labute approximate surface area is 182 Å². The highest BCUT2D eigenvalue weighted by atomic mass is 32.1. The Hall–Kier alpha value is -3.77. The lowest BCUT2D eigenvalue weighted by atomic mass is 9.95. The predicted molar refractivity (Wildman–Crippen MR) is 122 cm³/mol. The van der Waals surface area contributed by atoms with Crippen LogP contribution in [-0.2, 0) is 9.59 Å². The number of carbonyl (C=O) groups excluding carboxylic acids is 2. The minimum atomic E-state index is -0.763. The molecule has 4 aromatic rings. The number of aliphatic hydroxyl groups is 1. The zero-order valence-corrected chi connectivity index (χ0v) is 17.5. The van der Waals surface area contributed by atoms with Crippen molar-refractivity contribution in [3.05, 3.63) is 101 Å². The van der Waals surface area contributed by atoms with Gasteiger partial charge in [0.25, 0.3) is 5.78 Å². The lowest BCUT2D eigenvalue weighted by Crippen LogP contribution is -2.29. The van der Waals surface area contributed by atoms with Crippen molar-refractivity contribution in [2.24, 2.45) is 0 Å². The summed E-state index contributed by atoms with van der Waals surface area (Å²) in [6.07, 6.45) is 0. The van der Waals surface area contributed by atoms with Crippen LogP contribution < -0.4 is 4.90 Å². The molecule has 31 heavy (non-hydrogen) atoms. The van der Waals surface area contributed by atoms with Crippen molar-refractivity contribution in [2.45, 2.75) is 13.0 Å². The summed E-state index contributed by atoms with van der Waals surface area (Å²) < 4.78 is 0.921. The molecule has 3 aromatic carbocycles. The van der Waals surface area contributed by atoms with Crippen LogP contribution in [0.2, 0.25) is 0 Å². The molecule has 1 aliphatic heterocycles. The fourth-order valence-electron chi connectivity index (χ4n) is 3.81. The number of benzene rings is 3. The van der Waals surface area contributed by atoms with Crippen molar-refractivity contribution in [1.29, 1.82) is 0 Å². The largest absolute Gasteiger partial charge is 0.507 e. The summed E-state index contributed by atoms with van der Waals surface area (Å²) in [5, 5.41) is 11.5. The van der Waals surface area contributed by atoms with Crippen molar-refractivity contribution >= 4 is 44.1 Å². The molecule has 1 N–H and O–H groups in total. The molecule has 1 saturated heterocycles. The number of amides is 1. The Kier molecular flexibility index (Phi) is 4.64. The van der Waals surface area contributed by atoms with Crippen molar-refractivity contribution < 1.29 is 14.7 Å². The van der Waals surface area contributed by atoms with Gasteiger partial charge in [-0.05, 0) is 24.6 Å². The number of anilines is 1. The lowest BCUT2D eigenvalue weighted by Gasteiger charge is -2.23. The minimum absolute atomic E-state index is 0.0688. The van der Waals surface area contributed by atoms with Gasteiger partial charge >= 0.3 is 5.91 Å². The number of nitrogens with zero attached hydrogens (tertiary/aromatic N) is 2. The molecular formula is C25H18N2O3S. The van der Waals surface area contributed by atoms with Crippen molar-refractivity contribution in [2.75, 3.05) is 4.90 Å². The first kappa shape index (κ1) is 19.2. The third-order valence-electron chi connectivity index (χ3n) is 5.37. The van der Waals surface area contributed by atoms with Crippen LogP contribution in [0.5, 0.6) is 0 Å². The fraction of sp³-hybridized carbons (Fsp3) is 0.0800. The molecule has 1 unspecified atom stereocenters. The Morgan fingerprint density at radius 2 is 1.61 bits per heavy atom. The zero-order chi connectivity index (χ0) is 21.5. The van der Waals surface area contributed by atoms with Crippen LogP contribution in [0.1, 0.15) is 22.7 Å². The number of ketones is 1. The number of hydrogen-bond acceptors (Lipinski definition) is 5. The van der Waals surface area contributed by atoms with Gasteiger partial charge in [0, 0.05) is 5.56 Å². The predicted octanol–water partition coefficient (Wildman–Crippen LogP) is 5.23. The molecule has 0 radical (unpaired) electrons. The second kappa shape index (κ2) is 7.49. The average Bonchev–Trinajstić information content (AvgIpc) is 3.33. The van der Waals surface area contributed by atoms with E-state index in [-0.39, 0.29) is 11.3 Å². The molecule has 152 valence electrons. The standard InChI is InChI=1S/C25H18N2O3S/c1-15-11-13-16(14-12-15)21-20(22(28)17-7-3-2-4-8-17)23(29)24(30)27(21)25-26-18-9-5-6-10-19(18)31-25/h2-14,21,28H,1H3. The molecule has 0 aliphatic carbocycles. The summed E-state index contributed by atoms with van der Waals surface area (Å²) in [5.41, 5.74) is 3.11. The smallest absolute Gasteiger partial charge is 0.301 e. The van der Waals surface area contributed by atoms with E-state index in [1.54, 1.807) is 24.3 Å². The first-order valence-corrected chi connectivity index (χ1v) is 10.6. The Balaban J connectivity index is 1.74. The first-order chi connectivity index (χ1) is 15.0. The quantitative estimate of drug-likeness (QED) is 0.277. The second-order valence-electron chi connectivity index (χ2n) is 7.41. The van der Waals surface area contributed by atoms with Gasteiger partial charge in [-0.2, -0.15) is 0 Å². The number of aryl methyl sites for hydroxylation is 1. The summed E-state index contributed by atoms with van der Waals surface area (Å²) in [7, 11) is 0. The molecular weight excluding hydrogens is 408 g/mol. The zero-order valence-electron chi connectivity index (χ0n) is 16.6. The minimum Gasteiger partial charge on any atom is -0.507 e. The number of fused-ring (bicyclic) bond motifs is 1. The summed E-state index contributed by atoms with van der Waals surface area (Å²) in [5.74, 6) is -1.60. The van der Waals surface area contributed by atoms with Gasteiger partial charge in [0.05, 0.1) is 21.8 Å². The average molecular weight is 426 g/mol. The molecule has 0 saturated carbocycles. The topological polar surface area (TPSA) is 70.5 Å². The SMILES string of the molecule is Cc1ccc(C2C(=C(O)c3ccccc3)C(=O)C(=O)N2c2nc3ccccc3s2)cc1. The fourth-order valence-corrected chi connectivity index (χ4v) is 4.80. The van der Waals surface area contributed by atoms with Gasteiger partial charge in [-0.25, -0.2) is 4.98 Å². The third-order valence-corrected chi connectivity index (χ3v) is 6.41. The monoisotopic (exact) mass is 426 g/mol. The Morgan fingerprint density at radius 3 is 2.32 bits per heavy atom. The number of para-hydroxylation sites is 1. The number of aliphatic hydroxyl groups excluding tert-OH is 1. The van der Waals surface area contributed by atoms with E-state index in [9.17, 15) is 14.7 Å². The summed E-state index contributed by atoms with van der Waals surface area (Å²) in [6, 6.07) is 23.3. The van der Waals surface area contributed by atoms with Crippen molar-refractivity contribution in [3.8, 4) is 0 Å². The highest BCUT2D eigenvalue weighted by molar-refractivity contribution is 7.22. The number of hydrogen-bond donors (Lipinski definition) is 1. The van der Waals surface area contributed by atoms with E-state index in [4.69, 9.17) is 0 Å². The highest BCUT2D eigenvalue weighted by Crippen LogP contribution is 2.44.